The molecule has 1 rings (SSSR count). The molecule has 0 radical (unpaired) electrons. The van der Waals surface area contributed by atoms with Crippen LogP contribution in [0.5, 0.6) is 0 Å². The molecule has 1 saturated carbocycles. The Morgan fingerprint density at radius 2 is 1.71 bits per heavy atom. The van der Waals surface area contributed by atoms with Crippen molar-refractivity contribution < 1.29 is 4.74 Å². The minimum Gasteiger partial charge on any atom is -0.378 e. The Morgan fingerprint density at radius 1 is 1.06 bits per heavy atom. The van der Waals surface area contributed by atoms with Gasteiger partial charge in [-0.1, -0.05) is 6.92 Å². The maximum absolute atomic E-state index is 5.94. The normalized spacial score (nSPS) is 26.1. The summed E-state index contributed by atoms with van der Waals surface area (Å²) in [4.78, 5) is 0. The fraction of sp³-hybridized carbons (Fsp3) is 1.00. The first kappa shape index (κ1) is 15.0. The quantitative estimate of drug-likeness (QED) is 0.715. The highest BCUT2D eigenvalue weighted by molar-refractivity contribution is 4.71. The van der Waals surface area contributed by atoms with Crippen molar-refractivity contribution in [3.63, 3.8) is 0 Å². The fourth-order valence-corrected chi connectivity index (χ4v) is 2.34. The first-order valence-corrected chi connectivity index (χ1v) is 7.34. The van der Waals surface area contributed by atoms with Crippen molar-refractivity contribution in [3.05, 3.63) is 0 Å². The van der Waals surface area contributed by atoms with E-state index in [1.54, 1.807) is 0 Å². The van der Waals surface area contributed by atoms with E-state index in [4.69, 9.17) is 4.74 Å². The summed E-state index contributed by atoms with van der Waals surface area (Å²) >= 11 is 0. The van der Waals surface area contributed by atoms with Crippen LogP contribution in [-0.4, -0.2) is 24.8 Å². The van der Waals surface area contributed by atoms with Crippen molar-refractivity contribution in [1.29, 1.82) is 0 Å². The van der Waals surface area contributed by atoms with Crippen molar-refractivity contribution >= 4 is 0 Å². The van der Waals surface area contributed by atoms with Crippen molar-refractivity contribution in [1.82, 2.24) is 5.32 Å². The van der Waals surface area contributed by atoms with Crippen LogP contribution in [0.2, 0.25) is 0 Å². The number of unbranched alkanes of at least 4 members (excludes halogenated alkanes) is 1. The summed E-state index contributed by atoms with van der Waals surface area (Å²) in [7, 11) is 0. The van der Waals surface area contributed by atoms with E-state index in [0.29, 0.717) is 6.10 Å². The van der Waals surface area contributed by atoms with Gasteiger partial charge in [0.15, 0.2) is 0 Å². The van der Waals surface area contributed by atoms with Gasteiger partial charge in [-0.2, -0.15) is 0 Å². The van der Waals surface area contributed by atoms with Crippen molar-refractivity contribution in [3.8, 4) is 0 Å². The van der Waals surface area contributed by atoms with Gasteiger partial charge in [0.1, 0.15) is 0 Å². The van der Waals surface area contributed by atoms with Crippen LogP contribution in [0.4, 0.5) is 0 Å². The molecular weight excluding hydrogens is 210 g/mol. The number of ether oxygens (including phenoxy) is 1. The third-order valence-electron chi connectivity index (χ3n) is 3.54. The van der Waals surface area contributed by atoms with Gasteiger partial charge in [-0.15, -0.1) is 0 Å². The maximum Gasteiger partial charge on any atom is 0.0575 e. The zero-order valence-electron chi connectivity index (χ0n) is 12.2. The number of hydrogen-bond acceptors (Lipinski definition) is 2. The Morgan fingerprint density at radius 3 is 2.29 bits per heavy atom. The van der Waals surface area contributed by atoms with Gasteiger partial charge in [0, 0.05) is 12.1 Å². The van der Waals surface area contributed by atoms with Crippen molar-refractivity contribution in [2.24, 2.45) is 5.92 Å². The monoisotopic (exact) mass is 241 g/mol. The Bertz CT molecular complexity index is 190. The standard InChI is InChI=1S/C15H31NO/c1-13-7-9-14(10-8-13)17-12-6-5-11-16-15(2,3)4/h13-14,16H,5-12H2,1-4H3. The molecular formula is C15H31NO. The maximum atomic E-state index is 5.94. The lowest BCUT2D eigenvalue weighted by molar-refractivity contribution is 0.0180. The van der Waals surface area contributed by atoms with Gasteiger partial charge >= 0.3 is 0 Å². The Labute approximate surface area is 108 Å². The molecule has 2 heteroatoms. The molecule has 0 spiro atoms. The molecule has 0 aromatic heterocycles. The SMILES string of the molecule is CC1CCC(OCCCCNC(C)(C)C)CC1. The van der Waals surface area contributed by atoms with Crippen LogP contribution in [-0.2, 0) is 4.74 Å². The van der Waals surface area contributed by atoms with E-state index in [0.717, 1.165) is 19.1 Å². The first-order chi connectivity index (χ1) is 7.97. The molecule has 0 saturated heterocycles. The van der Waals surface area contributed by atoms with Gasteiger partial charge in [0.25, 0.3) is 0 Å². The molecule has 102 valence electrons. The van der Waals surface area contributed by atoms with Crippen LogP contribution in [0.3, 0.4) is 0 Å². The summed E-state index contributed by atoms with van der Waals surface area (Å²) in [6, 6.07) is 0. The Balaban J connectivity index is 1.91. The molecule has 0 atom stereocenters. The molecule has 0 bridgehead atoms. The second-order valence-electron chi connectivity index (χ2n) is 6.64. The van der Waals surface area contributed by atoms with Crippen LogP contribution in [0.25, 0.3) is 0 Å². The molecule has 0 aromatic rings. The molecule has 0 heterocycles. The lowest BCUT2D eigenvalue weighted by atomic mass is 9.89. The summed E-state index contributed by atoms with van der Waals surface area (Å²) in [5.41, 5.74) is 0.250. The smallest absolute Gasteiger partial charge is 0.0575 e. The van der Waals surface area contributed by atoms with E-state index in [2.05, 4.69) is 33.0 Å². The summed E-state index contributed by atoms with van der Waals surface area (Å²) in [5.74, 6) is 0.922. The third kappa shape index (κ3) is 7.77. The average molecular weight is 241 g/mol. The van der Waals surface area contributed by atoms with E-state index in [9.17, 15) is 0 Å². The minimum absolute atomic E-state index is 0.250. The second-order valence-corrected chi connectivity index (χ2v) is 6.64. The molecule has 1 N–H and O–H groups in total. The van der Waals surface area contributed by atoms with Crippen LogP contribution in [0, 0.1) is 5.92 Å². The third-order valence-corrected chi connectivity index (χ3v) is 3.54. The highest BCUT2D eigenvalue weighted by Gasteiger charge is 2.18. The van der Waals surface area contributed by atoms with Crippen LogP contribution >= 0.6 is 0 Å². The van der Waals surface area contributed by atoms with Gasteiger partial charge < -0.3 is 10.1 Å². The summed E-state index contributed by atoms with van der Waals surface area (Å²) in [6.07, 6.45) is 8.24. The van der Waals surface area contributed by atoms with Gasteiger partial charge in [-0.05, 0) is 71.8 Å². The summed E-state index contributed by atoms with van der Waals surface area (Å²) in [5, 5.41) is 3.51. The molecule has 0 aromatic carbocycles. The van der Waals surface area contributed by atoms with E-state index < -0.39 is 0 Å². The van der Waals surface area contributed by atoms with Gasteiger partial charge in [-0.3, -0.25) is 0 Å². The van der Waals surface area contributed by atoms with Crippen LogP contribution in [0.15, 0.2) is 0 Å². The molecule has 1 aliphatic rings. The van der Waals surface area contributed by atoms with Gasteiger partial charge in [0.2, 0.25) is 0 Å². The number of rotatable bonds is 6. The van der Waals surface area contributed by atoms with E-state index in [1.807, 2.05) is 0 Å². The predicted molar refractivity (Wildman–Crippen MR) is 74.4 cm³/mol. The Kier molecular flexibility index (Phi) is 6.50. The number of hydrogen-bond donors (Lipinski definition) is 1. The van der Waals surface area contributed by atoms with Gasteiger partial charge in [-0.25, -0.2) is 0 Å². The van der Waals surface area contributed by atoms with E-state index >= 15 is 0 Å². The minimum atomic E-state index is 0.250. The topological polar surface area (TPSA) is 21.3 Å². The molecule has 1 aliphatic carbocycles. The van der Waals surface area contributed by atoms with Crippen molar-refractivity contribution in [2.45, 2.75) is 77.9 Å². The number of nitrogens with one attached hydrogen (secondary N) is 1. The molecule has 1 fully saturated rings. The molecule has 0 amide bonds. The lowest BCUT2D eigenvalue weighted by Gasteiger charge is -2.26. The highest BCUT2D eigenvalue weighted by Crippen LogP contribution is 2.25. The van der Waals surface area contributed by atoms with Gasteiger partial charge in [0.05, 0.1) is 6.10 Å². The molecule has 2 nitrogen and oxygen atoms in total. The lowest BCUT2D eigenvalue weighted by Crippen LogP contribution is -2.36. The van der Waals surface area contributed by atoms with Crippen LogP contribution < -0.4 is 5.32 Å². The van der Waals surface area contributed by atoms with Crippen molar-refractivity contribution in [2.75, 3.05) is 13.2 Å². The molecule has 17 heavy (non-hydrogen) atoms. The van der Waals surface area contributed by atoms with E-state index in [1.165, 1.54) is 38.5 Å². The molecule has 0 aliphatic heterocycles. The fourth-order valence-electron chi connectivity index (χ4n) is 2.34. The largest absolute Gasteiger partial charge is 0.378 e. The zero-order chi connectivity index (χ0) is 12.7. The van der Waals surface area contributed by atoms with E-state index in [-0.39, 0.29) is 5.54 Å². The average Bonchev–Trinajstić information content (AvgIpc) is 2.24. The van der Waals surface area contributed by atoms with Crippen LogP contribution in [0.1, 0.15) is 66.2 Å². The molecule has 0 unspecified atom stereocenters. The Hall–Kier alpha value is -0.0800. The first-order valence-electron chi connectivity index (χ1n) is 7.34. The predicted octanol–water partition coefficient (Wildman–Crippen LogP) is 3.75. The highest BCUT2D eigenvalue weighted by atomic mass is 16.5. The summed E-state index contributed by atoms with van der Waals surface area (Å²) < 4.78 is 5.94. The zero-order valence-corrected chi connectivity index (χ0v) is 12.2. The second kappa shape index (κ2) is 7.38. The summed E-state index contributed by atoms with van der Waals surface area (Å²) in [6.45, 7) is 11.1.